The zero-order valence-electron chi connectivity index (χ0n) is 10.2. The highest BCUT2D eigenvalue weighted by Gasteiger charge is 2.15. The molecule has 0 saturated heterocycles. The molecule has 3 nitrogen and oxygen atoms in total. The van der Waals surface area contributed by atoms with Gasteiger partial charge in [-0.1, -0.05) is 31.4 Å². The van der Waals surface area contributed by atoms with Gasteiger partial charge in [0.2, 0.25) is 0 Å². The number of hydrogen-bond acceptors (Lipinski definition) is 2. The third kappa shape index (κ3) is 3.25. The summed E-state index contributed by atoms with van der Waals surface area (Å²) >= 11 is 0. The van der Waals surface area contributed by atoms with Gasteiger partial charge in [0.25, 0.3) is 5.91 Å². The lowest BCUT2D eigenvalue weighted by Crippen LogP contribution is -2.33. The first-order valence-corrected chi connectivity index (χ1v) is 5.65. The topological polar surface area (TPSA) is 49.3 Å². The van der Waals surface area contributed by atoms with Gasteiger partial charge in [-0.05, 0) is 25.0 Å². The van der Waals surface area contributed by atoms with Gasteiger partial charge in [-0.3, -0.25) is 4.79 Å². The molecule has 0 aliphatic heterocycles. The van der Waals surface area contributed by atoms with Crippen molar-refractivity contribution in [1.82, 2.24) is 5.32 Å². The van der Waals surface area contributed by atoms with Gasteiger partial charge in [-0.15, -0.1) is 6.42 Å². The van der Waals surface area contributed by atoms with Crippen LogP contribution in [-0.4, -0.2) is 17.1 Å². The van der Waals surface area contributed by atoms with E-state index in [0.717, 1.165) is 12.8 Å². The second kappa shape index (κ2) is 5.95. The number of carbonyl (C=O) groups excluding carboxylic acids is 1. The average molecular weight is 231 g/mol. The molecule has 90 valence electrons. The van der Waals surface area contributed by atoms with Gasteiger partial charge in [-0.2, -0.15) is 0 Å². The van der Waals surface area contributed by atoms with Crippen LogP contribution in [0.3, 0.4) is 0 Å². The highest BCUT2D eigenvalue weighted by Crippen LogP contribution is 2.21. The zero-order chi connectivity index (χ0) is 12.8. The lowest BCUT2D eigenvalue weighted by molar-refractivity contribution is 0.0941. The third-order valence-corrected chi connectivity index (χ3v) is 2.57. The lowest BCUT2D eigenvalue weighted by atomic mass is 10.1. The van der Waals surface area contributed by atoms with E-state index >= 15 is 0 Å². The Morgan fingerprint density at radius 2 is 2.29 bits per heavy atom. The summed E-state index contributed by atoms with van der Waals surface area (Å²) in [4.78, 5) is 11.9. The fourth-order valence-corrected chi connectivity index (χ4v) is 1.56. The largest absolute Gasteiger partial charge is 0.507 e. The Morgan fingerprint density at radius 3 is 2.88 bits per heavy atom. The molecule has 1 atom stereocenters. The number of benzene rings is 1. The van der Waals surface area contributed by atoms with Gasteiger partial charge in [0.1, 0.15) is 5.75 Å². The minimum Gasteiger partial charge on any atom is -0.507 e. The van der Waals surface area contributed by atoms with Crippen molar-refractivity contribution < 1.29 is 9.90 Å². The quantitative estimate of drug-likeness (QED) is 0.781. The number of phenols is 1. The Morgan fingerprint density at radius 1 is 1.59 bits per heavy atom. The highest BCUT2D eigenvalue weighted by atomic mass is 16.3. The Labute approximate surface area is 102 Å². The van der Waals surface area contributed by atoms with E-state index in [9.17, 15) is 9.90 Å². The van der Waals surface area contributed by atoms with E-state index in [1.807, 2.05) is 6.92 Å². The third-order valence-electron chi connectivity index (χ3n) is 2.57. The summed E-state index contributed by atoms with van der Waals surface area (Å²) < 4.78 is 0. The summed E-state index contributed by atoms with van der Waals surface area (Å²) in [7, 11) is 0. The summed E-state index contributed by atoms with van der Waals surface area (Å²) in [6.45, 7) is 3.75. The molecule has 0 heterocycles. The van der Waals surface area contributed by atoms with Crippen LogP contribution < -0.4 is 5.32 Å². The van der Waals surface area contributed by atoms with E-state index in [0.29, 0.717) is 5.56 Å². The van der Waals surface area contributed by atoms with Gasteiger partial charge < -0.3 is 10.4 Å². The van der Waals surface area contributed by atoms with E-state index in [1.165, 1.54) is 0 Å². The number of carbonyl (C=O) groups is 1. The number of nitrogens with one attached hydrogen (secondary N) is 1. The number of terminal acetylenes is 1. The minimum absolute atomic E-state index is 0.0114. The molecule has 2 N–H and O–H groups in total. The Bertz CT molecular complexity index is 446. The van der Waals surface area contributed by atoms with Crippen molar-refractivity contribution >= 4 is 5.91 Å². The standard InChI is InChI=1S/C14H17NO2/c1-4-7-11(5-2)15-14(17)12-9-6-8-10(3)13(12)16/h2,6,8-9,11,16H,4,7H2,1,3H3,(H,15,17). The molecule has 17 heavy (non-hydrogen) atoms. The Hall–Kier alpha value is -1.95. The maximum atomic E-state index is 11.9. The molecule has 0 bridgehead atoms. The number of amides is 1. The van der Waals surface area contributed by atoms with Crippen molar-refractivity contribution in [2.45, 2.75) is 32.7 Å². The van der Waals surface area contributed by atoms with Crippen molar-refractivity contribution in [2.75, 3.05) is 0 Å². The number of aryl methyl sites for hydroxylation is 1. The van der Waals surface area contributed by atoms with Crippen LogP contribution in [0.2, 0.25) is 0 Å². The van der Waals surface area contributed by atoms with Gasteiger partial charge in [-0.25, -0.2) is 0 Å². The number of rotatable bonds is 4. The number of para-hydroxylation sites is 1. The van der Waals surface area contributed by atoms with E-state index in [4.69, 9.17) is 6.42 Å². The molecule has 1 unspecified atom stereocenters. The van der Waals surface area contributed by atoms with Crippen LogP contribution in [0.4, 0.5) is 0 Å². The summed E-state index contributed by atoms with van der Waals surface area (Å²) in [5, 5.41) is 12.5. The Balaban J connectivity index is 2.83. The van der Waals surface area contributed by atoms with Crippen LogP contribution in [0.5, 0.6) is 5.75 Å². The van der Waals surface area contributed by atoms with Crippen LogP contribution in [0, 0.1) is 19.3 Å². The van der Waals surface area contributed by atoms with Crippen LogP contribution in [-0.2, 0) is 0 Å². The molecule has 3 heteroatoms. The fraction of sp³-hybridized carbons (Fsp3) is 0.357. The van der Waals surface area contributed by atoms with E-state index < -0.39 is 0 Å². The van der Waals surface area contributed by atoms with Crippen LogP contribution >= 0.6 is 0 Å². The fourth-order valence-electron chi connectivity index (χ4n) is 1.56. The molecule has 1 aromatic carbocycles. The predicted molar refractivity (Wildman–Crippen MR) is 67.8 cm³/mol. The van der Waals surface area contributed by atoms with Crippen LogP contribution in [0.1, 0.15) is 35.7 Å². The molecular weight excluding hydrogens is 214 g/mol. The summed E-state index contributed by atoms with van der Waals surface area (Å²) in [6, 6.07) is 4.77. The molecule has 1 amide bonds. The SMILES string of the molecule is C#CC(CCC)NC(=O)c1cccc(C)c1O. The predicted octanol–water partition coefficient (Wildman–Crippen LogP) is 2.23. The van der Waals surface area contributed by atoms with Gasteiger partial charge >= 0.3 is 0 Å². The summed E-state index contributed by atoms with van der Waals surface area (Å²) in [5.41, 5.74) is 0.937. The van der Waals surface area contributed by atoms with Crippen LogP contribution in [0.15, 0.2) is 18.2 Å². The van der Waals surface area contributed by atoms with E-state index in [2.05, 4.69) is 11.2 Å². The van der Waals surface area contributed by atoms with Crippen molar-refractivity contribution in [3.8, 4) is 18.1 Å². The van der Waals surface area contributed by atoms with E-state index in [-0.39, 0.29) is 23.3 Å². The van der Waals surface area contributed by atoms with Gasteiger partial charge in [0.05, 0.1) is 11.6 Å². The molecule has 0 aromatic heterocycles. The molecule has 1 aromatic rings. The number of phenolic OH excluding ortho intramolecular Hbond substituents is 1. The average Bonchev–Trinajstić information content (AvgIpc) is 2.31. The minimum atomic E-state index is -0.331. The summed E-state index contributed by atoms with van der Waals surface area (Å²) in [6.07, 6.45) is 6.95. The molecule has 0 spiro atoms. The van der Waals surface area contributed by atoms with Gasteiger partial charge in [0, 0.05) is 0 Å². The molecule has 0 fully saturated rings. The second-order valence-electron chi connectivity index (χ2n) is 3.95. The summed E-state index contributed by atoms with van der Waals surface area (Å²) in [5.74, 6) is 2.20. The number of hydrogen-bond donors (Lipinski definition) is 2. The maximum absolute atomic E-state index is 11.9. The van der Waals surface area contributed by atoms with Crippen molar-refractivity contribution in [3.63, 3.8) is 0 Å². The molecule has 0 aliphatic carbocycles. The van der Waals surface area contributed by atoms with Crippen molar-refractivity contribution in [2.24, 2.45) is 0 Å². The molecule has 0 radical (unpaired) electrons. The number of aromatic hydroxyl groups is 1. The zero-order valence-corrected chi connectivity index (χ0v) is 10.2. The lowest BCUT2D eigenvalue weighted by Gasteiger charge is -2.13. The normalized spacial score (nSPS) is 11.6. The van der Waals surface area contributed by atoms with Crippen molar-refractivity contribution in [3.05, 3.63) is 29.3 Å². The highest BCUT2D eigenvalue weighted by molar-refractivity contribution is 5.97. The van der Waals surface area contributed by atoms with Crippen LogP contribution in [0.25, 0.3) is 0 Å². The van der Waals surface area contributed by atoms with Crippen molar-refractivity contribution in [1.29, 1.82) is 0 Å². The smallest absolute Gasteiger partial charge is 0.256 e. The molecule has 1 rings (SSSR count). The van der Waals surface area contributed by atoms with E-state index in [1.54, 1.807) is 25.1 Å². The first-order valence-electron chi connectivity index (χ1n) is 5.65. The molecule has 0 aliphatic rings. The Kier molecular flexibility index (Phi) is 4.59. The first kappa shape index (κ1) is 13.1. The molecular formula is C14H17NO2. The van der Waals surface area contributed by atoms with Gasteiger partial charge in [0.15, 0.2) is 0 Å². The first-order chi connectivity index (χ1) is 8.10. The second-order valence-corrected chi connectivity index (χ2v) is 3.95. The monoisotopic (exact) mass is 231 g/mol. The maximum Gasteiger partial charge on any atom is 0.256 e. The molecule has 0 saturated carbocycles.